The monoisotopic (exact) mass is 334 g/mol. The number of alkyl halides is 3. The Bertz CT molecular complexity index is 501. The van der Waals surface area contributed by atoms with Crippen LogP contribution in [0.5, 0.6) is 5.75 Å². The highest BCUT2D eigenvalue weighted by Gasteiger charge is 2.32. The summed E-state index contributed by atoms with van der Waals surface area (Å²) in [6.45, 7) is 5.12. The highest BCUT2D eigenvalue weighted by Crippen LogP contribution is 2.33. The maximum Gasteiger partial charge on any atom is 0.573 e. The molecule has 3 nitrogen and oxygen atoms in total. The molecule has 1 heterocycles. The molecule has 7 heteroatoms. The van der Waals surface area contributed by atoms with Gasteiger partial charge in [0.05, 0.1) is 0 Å². The Balaban J connectivity index is 2.26. The number of nitrogens with one attached hydrogen (secondary N) is 1. The normalized spacial score (nSPS) is 18.0. The van der Waals surface area contributed by atoms with Crippen molar-refractivity contribution in [1.82, 2.24) is 10.2 Å². The number of hydrogen-bond acceptors (Lipinski definition) is 3. The molecule has 1 fully saturated rings. The van der Waals surface area contributed by atoms with Crippen molar-refractivity contribution < 1.29 is 22.3 Å². The number of halogens is 4. The number of benzene rings is 1. The molecule has 1 N–H and O–H groups in total. The maximum atomic E-state index is 14.3. The summed E-state index contributed by atoms with van der Waals surface area (Å²) in [5, 5.41) is 3.23. The quantitative estimate of drug-likeness (QED) is 0.800. The highest BCUT2D eigenvalue weighted by molar-refractivity contribution is 5.32. The van der Waals surface area contributed by atoms with E-state index in [0.717, 1.165) is 51.2 Å². The molecule has 1 aliphatic rings. The summed E-state index contributed by atoms with van der Waals surface area (Å²) in [6, 6.07) is 3.03. The van der Waals surface area contributed by atoms with Crippen molar-refractivity contribution in [1.29, 1.82) is 0 Å². The van der Waals surface area contributed by atoms with Gasteiger partial charge >= 0.3 is 6.36 Å². The van der Waals surface area contributed by atoms with Crippen molar-refractivity contribution >= 4 is 0 Å². The molecule has 0 aromatic heterocycles. The zero-order valence-corrected chi connectivity index (χ0v) is 13.1. The van der Waals surface area contributed by atoms with E-state index in [0.29, 0.717) is 6.42 Å². The summed E-state index contributed by atoms with van der Waals surface area (Å²) in [6.07, 6.45) is -2.23. The number of piperazine rings is 1. The lowest BCUT2D eigenvalue weighted by atomic mass is 9.98. The van der Waals surface area contributed by atoms with Gasteiger partial charge in [-0.25, -0.2) is 4.39 Å². The second-order valence-corrected chi connectivity index (χ2v) is 5.68. The maximum absolute atomic E-state index is 14.3. The van der Waals surface area contributed by atoms with E-state index in [4.69, 9.17) is 0 Å². The second-order valence-electron chi connectivity index (χ2n) is 5.68. The fraction of sp³-hybridized carbons (Fsp3) is 0.625. The molecule has 0 radical (unpaired) electrons. The second kappa shape index (κ2) is 7.97. The van der Waals surface area contributed by atoms with Crippen LogP contribution in [-0.2, 0) is 0 Å². The summed E-state index contributed by atoms with van der Waals surface area (Å²) in [5.41, 5.74) is 0.280. The average molecular weight is 334 g/mol. The minimum Gasteiger partial charge on any atom is -0.406 e. The van der Waals surface area contributed by atoms with Crippen LogP contribution in [0.25, 0.3) is 0 Å². The molecule has 0 saturated carbocycles. The molecule has 1 saturated heterocycles. The molecule has 1 aliphatic heterocycles. The van der Waals surface area contributed by atoms with Crippen molar-refractivity contribution in [2.75, 3.05) is 26.2 Å². The molecule has 23 heavy (non-hydrogen) atoms. The Morgan fingerprint density at radius 2 is 1.96 bits per heavy atom. The summed E-state index contributed by atoms with van der Waals surface area (Å²) in [7, 11) is 0. The minimum absolute atomic E-state index is 0.228. The van der Waals surface area contributed by atoms with E-state index in [9.17, 15) is 17.6 Å². The van der Waals surface area contributed by atoms with Crippen LogP contribution in [0, 0.1) is 5.82 Å². The minimum atomic E-state index is -4.77. The number of unbranched alkanes of at least 4 members (excludes halogenated alkanes) is 1. The SMILES string of the molecule is CCCC[C@H](c1cc(OC(F)(F)F)ccc1F)N1CCNCC1. The predicted octanol–water partition coefficient (Wildman–Crippen LogP) is 3.86. The summed E-state index contributed by atoms with van der Waals surface area (Å²) in [5.74, 6) is -0.857. The smallest absolute Gasteiger partial charge is 0.406 e. The van der Waals surface area contributed by atoms with Crippen LogP contribution in [0.3, 0.4) is 0 Å². The highest BCUT2D eigenvalue weighted by atomic mass is 19.4. The van der Waals surface area contributed by atoms with Crippen LogP contribution < -0.4 is 10.1 Å². The van der Waals surface area contributed by atoms with Crippen molar-refractivity contribution in [3.05, 3.63) is 29.6 Å². The van der Waals surface area contributed by atoms with Gasteiger partial charge in [-0.05, 0) is 24.6 Å². The lowest BCUT2D eigenvalue weighted by Gasteiger charge is -2.35. The van der Waals surface area contributed by atoms with E-state index >= 15 is 0 Å². The number of hydrogen-bond donors (Lipinski definition) is 1. The van der Waals surface area contributed by atoms with Crippen LogP contribution in [0.1, 0.15) is 37.8 Å². The number of nitrogens with zero attached hydrogens (tertiary/aromatic N) is 1. The third-order valence-electron chi connectivity index (χ3n) is 3.98. The van der Waals surface area contributed by atoms with E-state index < -0.39 is 12.2 Å². The van der Waals surface area contributed by atoms with Crippen molar-refractivity contribution in [3.63, 3.8) is 0 Å². The lowest BCUT2D eigenvalue weighted by molar-refractivity contribution is -0.274. The first-order valence-electron chi connectivity index (χ1n) is 7.90. The third-order valence-corrected chi connectivity index (χ3v) is 3.98. The first kappa shape index (κ1) is 18.0. The lowest BCUT2D eigenvalue weighted by Crippen LogP contribution is -2.45. The van der Waals surface area contributed by atoms with Crippen LogP contribution in [-0.4, -0.2) is 37.4 Å². The van der Waals surface area contributed by atoms with Gasteiger partial charge in [-0.3, -0.25) is 4.90 Å². The van der Waals surface area contributed by atoms with E-state index in [-0.39, 0.29) is 17.4 Å². The van der Waals surface area contributed by atoms with E-state index in [1.165, 1.54) is 6.07 Å². The van der Waals surface area contributed by atoms with Gasteiger partial charge in [0.25, 0.3) is 0 Å². The van der Waals surface area contributed by atoms with Gasteiger partial charge in [0.1, 0.15) is 11.6 Å². The molecule has 1 aromatic carbocycles. The molecule has 0 aliphatic carbocycles. The molecule has 0 spiro atoms. The Labute approximate surface area is 133 Å². The standard InChI is InChI=1S/C16H22F4N2O/c1-2-3-4-15(22-9-7-21-8-10-22)13-11-12(5-6-14(13)17)23-16(18,19)20/h5-6,11,15,21H,2-4,7-10H2,1H3/t15-/m1/s1. The van der Waals surface area contributed by atoms with Gasteiger partial charge in [-0.15, -0.1) is 13.2 Å². The van der Waals surface area contributed by atoms with Crippen LogP contribution in [0.4, 0.5) is 17.6 Å². The zero-order chi connectivity index (χ0) is 16.9. The summed E-state index contributed by atoms with van der Waals surface area (Å²) >= 11 is 0. The average Bonchev–Trinajstić information content (AvgIpc) is 2.50. The molecule has 1 atom stereocenters. The molecule has 1 aromatic rings. The molecular formula is C16H22F4N2O. The van der Waals surface area contributed by atoms with Gasteiger partial charge in [0.2, 0.25) is 0 Å². The van der Waals surface area contributed by atoms with E-state index in [2.05, 4.69) is 15.0 Å². The van der Waals surface area contributed by atoms with Gasteiger partial charge in [0, 0.05) is 37.8 Å². The molecular weight excluding hydrogens is 312 g/mol. The number of rotatable bonds is 6. The van der Waals surface area contributed by atoms with Crippen molar-refractivity contribution in [2.24, 2.45) is 0 Å². The van der Waals surface area contributed by atoms with Crippen LogP contribution >= 0.6 is 0 Å². The Hall–Kier alpha value is -1.34. The predicted molar refractivity (Wildman–Crippen MR) is 79.8 cm³/mol. The van der Waals surface area contributed by atoms with Crippen LogP contribution in [0.2, 0.25) is 0 Å². The Kier molecular flexibility index (Phi) is 6.24. The molecule has 2 rings (SSSR count). The molecule has 0 unspecified atom stereocenters. The van der Waals surface area contributed by atoms with Gasteiger partial charge in [-0.1, -0.05) is 19.8 Å². The molecule has 0 bridgehead atoms. The molecule has 130 valence electrons. The van der Waals surface area contributed by atoms with Gasteiger partial charge in [-0.2, -0.15) is 0 Å². The van der Waals surface area contributed by atoms with E-state index in [1.54, 1.807) is 0 Å². The van der Waals surface area contributed by atoms with E-state index in [1.807, 2.05) is 6.92 Å². The topological polar surface area (TPSA) is 24.5 Å². The fourth-order valence-electron chi connectivity index (χ4n) is 2.90. The first-order chi connectivity index (χ1) is 10.9. The van der Waals surface area contributed by atoms with Crippen LogP contribution in [0.15, 0.2) is 18.2 Å². The largest absolute Gasteiger partial charge is 0.573 e. The first-order valence-corrected chi connectivity index (χ1v) is 7.90. The van der Waals surface area contributed by atoms with Gasteiger partial charge in [0.15, 0.2) is 0 Å². The van der Waals surface area contributed by atoms with Crippen molar-refractivity contribution in [2.45, 2.75) is 38.6 Å². The third kappa shape index (κ3) is 5.35. The summed E-state index contributed by atoms with van der Waals surface area (Å²) < 4.78 is 55.4. The summed E-state index contributed by atoms with van der Waals surface area (Å²) in [4.78, 5) is 2.13. The van der Waals surface area contributed by atoms with Crippen molar-refractivity contribution in [3.8, 4) is 5.75 Å². The molecule has 0 amide bonds. The Morgan fingerprint density at radius 3 is 2.57 bits per heavy atom. The Morgan fingerprint density at radius 1 is 1.26 bits per heavy atom. The fourth-order valence-corrected chi connectivity index (χ4v) is 2.90. The zero-order valence-electron chi connectivity index (χ0n) is 13.1. The van der Waals surface area contributed by atoms with Gasteiger partial charge < -0.3 is 10.1 Å². The number of ether oxygens (including phenoxy) is 1.